The molecule has 3 heteroatoms. The van der Waals surface area contributed by atoms with Gasteiger partial charge >= 0.3 is 0 Å². The van der Waals surface area contributed by atoms with Crippen LogP contribution < -0.4 is 5.73 Å². The number of nitrogens with two attached hydrogens (primary N) is 1. The van der Waals surface area contributed by atoms with Gasteiger partial charge in [0.1, 0.15) is 5.75 Å². The molecular weight excluding hydrogens is 238 g/mol. The summed E-state index contributed by atoms with van der Waals surface area (Å²) in [5.41, 5.74) is 9.57. The highest BCUT2D eigenvalue weighted by Gasteiger charge is 2.09. The van der Waals surface area contributed by atoms with Crippen molar-refractivity contribution in [3.63, 3.8) is 0 Å². The molecule has 0 radical (unpaired) electrons. The molecule has 0 aliphatic heterocycles. The van der Waals surface area contributed by atoms with E-state index < -0.39 is 0 Å². The molecule has 0 aromatic heterocycles. The molecule has 0 fully saturated rings. The van der Waals surface area contributed by atoms with Gasteiger partial charge in [-0.05, 0) is 41.7 Å². The fraction of sp³-hybridized carbons (Fsp3) is 0.250. The maximum absolute atomic E-state index is 10.0. The van der Waals surface area contributed by atoms with E-state index in [1.54, 1.807) is 6.07 Å². The van der Waals surface area contributed by atoms with E-state index in [1.807, 2.05) is 36.4 Å². The van der Waals surface area contributed by atoms with Crippen molar-refractivity contribution in [1.29, 1.82) is 0 Å². The van der Waals surface area contributed by atoms with E-state index in [-0.39, 0.29) is 12.4 Å². The van der Waals surface area contributed by atoms with Gasteiger partial charge in [-0.3, -0.25) is 0 Å². The molecule has 2 aromatic carbocycles. The smallest absolute Gasteiger partial charge is 0.123 e. The molecule has 19 heavy (non-hydrogen) atoms. The Bertz CT molecular complexity index is 552. The zero-order valence-corrected chi connectivity index (χ0v) is 10.8. The third-order valence-electron chi connectivity index (χ3n) is 3.21. The van der Waals surface area contributed by atoms with Gasteiger partial charge in [0.15, 0.2) is 0 Å². The molecule has 3 nitrogen and oxygen atoms in total. The number of aromatic hydroxyl groups is 1. The molecule has 2 aromatic rings. The van der Waals surface area contributed by atoms with Crippen LogP contribution >= 0.6 is 0 Å². The minimum atomic E-state index is 0.170. The Morgan fingerprint density at radius 1 is 1.00 bits per heavy atom. The molecule has 0 aliphatic carbocycles. The molecule has 0 saturated heterocycles. The predicted molar refractivity (Wildman–Crippen MR) is 76.8 cm³/mol. The standard InChI is InChI=1S/C16H19NO2/c17-11-12-7-8-16(19)15(10-12)14-6-2-1-4-13(14)5-3-9-18/h1-2,4,6-8,10,18-19H,3,5,9,11,17H2. The quantitative estimate of drug-likeness (QED) is 0.770. The number of hydrogen-bond acceptors (Lipinski definition) is 3. The van der Waals surface area contributed by atoms with Crippen LogP contribution in [0.2, 0.25) is 0 Å². The fourth-order valence-corrected chi connectivity index (χ4v) is 2.20. The first-order valence-corrected chi connectivity index (χ1v) is 6.47. The van der Waals surface area contributed by atoms with Crippen molar-refractivity contribution in [3.8, 4) is 16.9 Å². The van der Waals surface area contributed by atoms with Gasteiger partial charge in [-0.15, -0.1) is 0 Å². The second-order valence-electron chi connectivity index (χ2n) is 4.54. The Labute approximate surface area is 113 Å². The summed E-state index contributed by atoms with van der Waals surface area (Å²) in [6.45, 7) is 0.620. The lowest BCUT2D eigenvalue weighted by molar-refractivity contribution is 0.288. The van der Waals surface area contributed by atoms with Gasteiger partial charge < -0.3 is 15.9 Å². The number of phenolic OH excluding ortho intramolecular Hbond substituents is 1. The van der Waals surface area contributed by atoms with Crippen LogP contribution in [0.15, 0.2) is 42.5 Å². The van der Waals surface area contributed by atoms with Crippen LogP contribution in [0.25, 0.3) is 11.1 Å². The number of aliphatic hydroxyl groups is 1. The normalized spacial score (nSPS) is 10.6. The second kappa shape index (κ2) is 6.36. The minimum absolute atomic E-state index is 0.170. The van der Waals surface area contributed by atoms with Crippen LogP contribution in [0.1, 0.15) is 17.5 Å². The Morgan fingerprint density at radius 2 is 1.79 bits per heavy atom. The van der Waals surface area contributed by atoms with E-state index in [9.17, 15) is 5.11 Å². The van der Waals surface area contributed by atoms with Gasteiger partial charge in [-0.2, -0.15) is 0 Å². The summed E-state index contributed by atoms with van der Waals surface area (Å²) in [6, 6.07) is 13.4. The lowest BCUT2D eigenvalue weighted by atomic mass is 9.95. The van der Waals surface area contributed by atoms with Crippen molar-refractivity contribution in [2.75, 3.05) is 6.61 Å². The SMILES string of the molecule is NCc1ccc(O)c(-c2ccccc2CCCO)c1. The van der Waals surface area contributed by atoms with Crippen LogP contribution in [0.4, 0.5) is 0 Å². The third kappa shape index (κ3) is 3.13. The van der Waals surface area contributed by atoms with Gasteiger partial charge in [0.25, 0.3) is 0 Å². The Balaban J connectivity index is 2.45. The van der Waals surface area contributed by atoms with Gasteiger partial charge in [-0.1, -0.05) is 30.3 Å². The largest absolute Gasteiger partial charge is 0.507 e. The Hall–Kier alpha value is -1.84. The molecule has 0 spiro atoms. The zero-order chi connectivity index (χ0) is 13.7. The second-order valence-corrected chi connectivity index (χ2v) is 4.54. The average molecular weight is 257 g/mol. The summed E-state index contributed by atoms with van der Waals surface area (Å²) in [7, 11) is 0. The molecule has 4 N–H and O–H groups in total. The average Bonchev–Trinajstić information content (AvgIpc) is 2.46. The Kier molecular flexibility index (Phi) is 4.55. The number of aliphatic hydroxyl groups excluding tert-OH is 1. The van der Waals surface area contributed by atoms with Crippen LogP contribution in [0.5, 0.6) is 5.75 Å². The fourth-order valence-electron chi connectivity index (χ4n) is 2.20. The number of aryl methyl sites for hydroxylation is 1. The topological polar surface area (TPSA) is 66.5 Å². The maximum atomic E-state index is 10.0. The van der Waals surface area contributed by atoms with E-state index >= 15 is 0 Å². The predicted octanol–water partition coefficient (Wildman–Crippen LogP) is 2.44. The molecule has 0 unspecified atom stereocenters. The first kappa shape index (κ1) is 13.6. The van der Waals surface area contributed by atoms with Crippen molar-refractivity contribution < 1.29 is 10.2 Å². The van der Waals surface area contributed by atoms with Crippen molar-refractivity contribution in [3.05, 3.63) is 53.6 Å². The molecule has 2 rings (SSSR count). The molecular formula is C16H19NO2. The monoisotopic (exact) mass is 257 g/mol. The summed E-state index contributed by atoms with van der Waals surface area (Å²) < 4.78 is 0. The highest BCUT2D eigenvalue weighted by molar-refractivity contribution is 5.73. The summed E-state index contributed by atoms with van der Waals surface area (Å²) >= 11 is 0. The molecule has 0 aliphatic rings. The molecule has 0 amide bonds. The van der Waals surface area contributed by atoms with Crippen LogP contribution in [0, 0.1) is 0 Å². The summed E-state index contributed by atoms with van der Waals surface area (Å²) in [5.74, 6) is 0.258. The number of rotatable bonds is 5. The van der Waals surface area contributed by atoms with Crippen molar-refractivity contribution in [2.45, 2.75) is 19.4 Å². The summed E-state index contributed by atoms with van der Waals surface area (Å²) in [6.07, 6.45) is 1.51. The highest BCUT2D eigenvalue weighted by atomic mass is 16.3. The molecule has 0 atom stereocenters. The van der Waals surface area contributed by atoms with Gasteiger partial charge in [-0.25, -0.2) is 0 Å². The van der Waals surface area contributed by atoms with Crippen molar-refractivity contribution in [1.82, 2.24) is 0 Å². The maximum Gasteiger partial charge on any atom is 0.123 e. The highest BCUT2D eigenvalue weighted by Crippen LogP contribution is 2.32. The first-order valence-electron chi connectivity index (χ1n) is 6.47. The number of benzene rings is 2. The lowest BCUT2D eigenvalue weighted by Gasteiger charge is -2.12. The van der Waals surface area contributed by atoms with Gasteiger partial charge in [0.2, 0.25) is 0 Å². The van der Waals surface area contributed by atoms with E-state index in [4.69, 9.17) is 10.8 Å². The van der Waals surface area contributed by atoms with Gasteiger partial charge in [0.05, 0.1) is 0 Å². The molecule has 0 bridgehead atoms. The van der Waals surface area contributed by atoms with Crippen LogP contribution in [0.3, 0.4) is 0 Å². The third-order valence-corrected chi connectivity index (χ3v) is 3.21. The zero-order valence-electron chi connectivity index (χ0n) is 10.8. The van der Waals surface area contributed by atoms with E-state index in [0.717, 1.165) is 28.7 Å². The molecule has 0 saturated carbocycles. The Morgan fingerprint density at radius 3 is 2.53 bits per heavy atom. The van der Waals surface area contributed by atoms with Crippen molar-refractivity contribution in [2.24, 2.45) is 5.73 Å². The van der Waals surface area contributed by atoms with Crippen molar-refractivity contribution >= 4 is 0 Å². The number of hydrogen-bond donors (Lipinski definition) is 3. The number of phenols is 1. The first-order chi connectivity index (χ1) is 9.26. The van der Waals surface area contributed by atoms with Crippen LogP contribution in [-0.4, -0.2) is 16.8 Å². The summed E-state index contributed by atoms with van der Waals surface area (Å²) in [5, 5.41) is 19.0. The molecule has 100 valence electrons. The van der Waals surface area contributed by atoms with Gasteiger partial charge in [0, 0.05) is 18.7 Å². The van der Waals surface area contributed by atoms with E-state index in [2.05, 4.69) is 0 Å². The van der Waals surface area contributed by atoms with E-state index in [1.165, 1.54) is 0 Å². The van der Waals surface area contributed by atoms with Crippen LogP contribution in [-0.2, 0) is 13.0 Å². The lowest BCUT2D eigenvalue weighted by Crippen LogP contribution is -1.97. The molecule has 0 heterocycles. The summed E-state index contributed by atoms with van der Waals surface area (Å²) in [4.78, 5) is 0. The minimum Gasteiger partial charge on any atom is -0.507 e. The van der Waals surface area contributed by atoms with E-state index in [0.29, 0.717) is 13.0 Å².